The van der Waals surface area contributed by atoms with Gasteiger partial charge in [-0.2, -0.15) is 0 Å². The molecule has 0 aromatic rings. The van der Waals surface area contributed by atoms with Gasteiger partial charge in [0.25, 0.3) is 0 Å². The molecule has 14 heavy (non-hydrogen) atoms. The molecular formula is C11H21NO2. The molecule has 1 rings (SSSR count). The van der Waals surface area contributed by atoms with Gasteiger partial charge in [-0.25, -0.2) is 0 Å². The number of carbonyl (C=O) groups is 1. The van der Waals surface area contributed by atoms with E-state index in [1.165, 1.54) is 32.8 Å². The predicted molar refractivity (Wildman–Crippen MR) is 56.1 cm³/mol. The zero-order valence-corrected chi connectivity index (χ0v) is 9.45. The number of hydrogen-bond donors (Lipinski definition) is 0. The van der Waals surface area contributed by atoms with E-state index < -0.39 is 0 Å². The molecule has 3 nitrogen and oxygen atoms in total. The molecule has 0 bridgehead atoms. The summed E-state index contributed by atoms with van der Waals surface area (Å²) < 4.78 is 4.65. The second-order valence-corrected chi connectivity index (χ2v) is 4.40. The van der Waals surface area contributed by atoms with Crippen LogP contribution in [0.25, 0.3) is 0 Å². The van der Waals surface area contributed by atoms with Crippen LogP contribution in [-0.2, 0) is 9.53 Å². The summed E-state index contributed by atoms with van der Waals surface area (Å²) in [6.07, 6.45) is 5.01. The topological polar surface area (TPSA) is 29.5 Å². The Morgan fingerprint density at radius 3 is 2.43 bits per heavy atom. The van der Waals surface area contributed by atoms with Crippen LogP contribution in [-0.4, -0.2) is 37.6 Å². The maximum absolute atomic E-state index is 11.1. The van der Waals surface area contributed by atoms with E-state index >= 15 is 0 Å². The largest absolute Gasteiger partial charge is 0.468 e. The molecule has 1 fully saturated rings. The number of nitrogens with zero attached hydrogens (tertiary/aromatic N) is 1. The van der Waals surface area contributed by atoms with Gasteiger partial charge in [0.05, 0.1) is 13.7 Å². The minimum absolute atomic E-state index is 0.133. The van der Waals surface area contributed by atoms with Gasteiger partial charge >= 0.3 is 5.97 Å². The fourth-order valence-electron chi connectivity index (χ4n) is 2.08. The van der Waals surface area contributed by atoms with E-state index in [0.29, 0.717) is 12.6 Å². The molecular weight excluding hydrogens is 178 g/mol. The first kappa shape index (κ1) is 11.5. The first-order valence-electron chi connectivity index (χ1n) is 5.40. The van der Waals surface area contributed by atoms with Crippen LogP contribution in [0.5, 0.6) is 0 Å². The summed E-state index contributed by atoms with van der Waals surface area (Å²) in [5, 5.41) is 0. The van der Waals surface area contributed by atoms with Crippen molar-refractivity contribution in [3.05, 3.63) is 0 Å². The monoisotopic (exact) mass is 199 g/mol. The third-order valence-corrected chi connectivity index (χ3v) is 3.21. The van der Waals surface area contributed by atoms with Crippen molar-refractivity contribution in [3.8, 4) is 0 Å². The Morgan fingerprint density at radius 2 is 1.93 bits per heavy atom. The third kappa shape index (κ3) is 3.29. The van der Waals surface area contributed by atoms with Crippen LogP contribution in [0.4, 0.5) is 0 Å². The van der Waals surface area contributed by atoms with Gasteiger partial charge in [-0.05, 0) is 38.6 Å². The van der Waals surface area contributed by atoms with Gasteiger partial charge in [-0.3, -0.25) is 9.69 Å². The van der Waals surface area contributed by atoms with Gasteiger partial charge in [-0.15, -0.1) is 0 Å². The lowest BCUT2D eigenvalue weighted by atomic mass is 9.87. The molecule has 0 amide bonds. The molecule has 82 valence electrons. The summed E-state index contributed by atoms with van der Waals surface area (Å²) in [5.41, 5.74) is 0. The Balaban J connectivity index is 2.30. The highest BCUT2D eigenvalue weighted by molar-refractivity contribution is 5.71. The molecule has 0 spiro atoms. The molecule has 0 aliphatic heterocycles. The van der Waals surface area contributed by atoms with Crippen LogP contribution in [0.2, 0.25) is 0 Å². The first-order valence-corrected chi connectivity index (χ1v) is 5.40. The first-order chi connectivity index (χ1) is 6.63. The molecule has 0 heterocycles. The number of methoxy groups -OCH3 is 1. The van der Waals surface area contributed by atoms with E-state index in [9.17, 15) is 4.79 Å². The van der Waals surface area contributed by atoms with Crippen LogP contribution in [0, 0.1) is 5.92 Å². The van der Waals surface area contributed by atoms with Crippen molar-refractivity contribution in [1.82, 2.24) is 4.90 Å². The summed E-state index contributed by atoms with van der Waals surface area (Å²) in [6.45, 7) is 2.73. The molecule has 1 saturated carbocycles. The number of hydrogen-bond acceptors (Lipinski definition) is 3. The number of esters is 1. The van der Waals surface area contributed by atoms with E-state index in [0.717, 1.165) is 5.92 Å². The van der Waals surface area contributed by atoms with Crippen molar-refractivity contribution in [2.24, 2.45) is 5.92 Å². The molecule has 0 saturated heterocycles. The van der Waals surface area contributed by atoms with Crippen LogP contribution >= 0.6 is 0 Å². The van der Waals surface area contributed by atoms with E-state index in [1.54, 1.807) is 0 Å². The highest BCUT2D eigenvalue weighted by atomic mass is 16.5. The predicted octanol–water partition coefficient (Wildman–Crippen LogP) is 1.67. The zero-order valence-electron chi connectivity index (χ0n) is 9.45. The lowest BCUT2D eigenvalue weighted by Crippen LogP contribution is -2.38. The minimum Gasteiger partial charge on any atom is -0.468 e. The molecule has 3 heteroatoms. The molecule has 0 radical (unpaired) electrons. The van der Waals surface area contributed by atoms with Crippen molar-refractivity contribution >= 4 is 5.97 Å². The van der Waals surface area contributed by atoms with Gasteiger partial charge in [0.2, 0.25) is 0 Å². The molecule has 0 aromatic carbocycles. The summed E-state index contributed by atoms with van der Waals surface area (Å²) >= 11 is 0. The lowest BCUT2D eigenvalue weighted by Gasteiger charge is -2.32. The van der Waals surface area contributed by atoms with Crippen molar-refractivity contribution in [1.29, 1.82) is 0 Å². The van der Waals surface area contributed by atoms with Crippen molar-refractivity contribution in [2.45, 2.75) is 38.6 Å². The molecule has 0 aromatic heterocycles. The highest BCUT2D eigenvalue weighted by Crippen LogP contribution is 2.26. The van der Waals surface area contributed by atoms with Crippen molar-refractivity contribution in [2.75, 3.05) is 20.7 Å². The van der Waals surface area contributed by atoms with Gasteiger partial charge in [0.15, 0.2) is 0 Å². The third-order valence-electron chi connectivity index (χ3n) is 3.21. The fraction of sp³-hybridized carbons (Fsp3) is 0.909. The minimum atomic E-state index is -0.133. The quantitative estimate of drug-likeness (QED) is 0.648. The van der Waals surface area contributed by atoms with Crippen LogP contribution in [0.3, 0.4) is 0 Å². The Hall–Kier alpha value is -0.570. The van der Waals surface area contributed by atoms with Crippen molar-refractivity contribution in [3.63, 3.8) is 0 Å². The van der Waals surface area contributed by atoms with Crippen LogP contribution in [0.1, 0.15) is 32.6 Å². The molecule has 0 N–H and O–H groups in total. The summed E-state index contributed by atoms with van der Waals surface area (Å²) in [4.78, 5) is 13.2. The fourth-order valence-corrected chi connectivity index (χ4v) is 2.08. The molecule has 1 aliphatic carbocycles. The van der Waals surface area contributed by atoms with E-state index in [1.807, 2.05) is 7.05 Å². The zero-order chi connectivity index (χ0) is 10.6. The second-order valence-electron chi connectivity index (χ2n) is 4.40. The van der Waals surface area contributed by atoms with Crippen molar-refractivity contribution < 1.29 is 9.53 Å². The van der Waals surface area contributed by atoms with Gasteiger partial charge < -0.3 is 4.74 Å². The Morgan fingerprint density at radius 1 is 1.36 bits per heavy atom. The normalized spacial score (nSPS) is 27.7. The maximum Gasteiger partial charge on any atom is 0.319 e. The Bertz CT molecular complexity index is 186. The smallest absolute Gasteiger partial charge is 0.319 e. The van der Waals surface area contributed by atoms with Gasteiger partial charge in [0, 0.05) is 6.04 Å². The molecule has 0 unspecified atom stereocenters. The maximum atomic E-state index is 11.1. The van der Waals surface area contributed by atoms with Gasteiger partial charge in [0.1, 0.15) is 0 Å². The average Bonchev–Trinajstić information content (AvgIpc) is 2.18. The second kappa shape index (κ2) is 5.35. The van der Waals surface area contributed by atoms with Crippen LogP contribution in [0.15, 0.2) is 0 Å². The number of carbonyl (C=O) groups excluding carboxylic acids is 1. The van der Waals surface area contributed by atoms with E-state index in [-0.39, 0.29) is 5.97 Å². The average molecular weight is 199 g/mol. The van der Waals surface area contributed by atoms with Gasteiger partial charge in [-0.1, -0.05) is 6.92 Å². The standard InChI is InChI=1S/C11H21NO2/c1-9-4-6-10(7-5-9)12(2)8-11(13)14-3/h9-10H,4-8H2,1-3H3/t9-,10-. The summed E-state index contributed by atoms with van der Waals surface area (Å²) in [7, 11) is 3.46. The number of likely N-dealkylation sites (N-methyl/N-ethyl adjacent to an activating group) is 1. The highest BCUT2D eigenvalue weighted by Gasteiger charge is 2.22. The van der Waals surface area contributed by atoms with Crippen LogP contribution < -0.4 is 0 Å². The molecule has 0 atom stereocenters. The lowest BCUT2D eigenvalue weighted by molar-refractivity contribution is -0.142. The van der Waals surface area contributed by atoms with E-state index in [4.69, 9.17) is 0 Å². The Labute approximate surface area is 86.4 Å². The summed E-state index contributed by atoms with van der Waals surface area (Å²) in [5.74, 6) is 0.726. The number of rotatable bonds is 3. The molecule has 1 aliphatic rings. The number of ether oxygens (including phenoxy) is 1. The SMILES string of the molecule is COC(=O)CN(C)[C@H]1CC[C@H](C)CC1. The Kier molecular flexibility index (Phi) is 4.39. The summed E-state index contributed by atoms with van der Waals surface area (Å²) in [6, 6.07) is 0.574. The van der Waals surface area contributed by atoms with E-state index in [2.05, 4.69) is 16.6 Å².